The van der Waals surface area contributed by atoms with Crippen molar-refractivity contribution in [2.75, 3.05) is 5.32 Å². The molecule has 0 spiro atoms. The molecule has 2 aromatic rings. The molecule has 6 nitrogen and oxygen atoms in total. The van der Waals surface area contributed by atoms with Gasteiger partial charge >= 0.3 is 0 Å². The molecular weight excluding hydrogens is 414 g/mol. The Morgan fingerprint density at radius 1 is 0.970 bits per heavy atom. The van der Waals surface area contributed by atoms with Crippen LogP contribution in [0.2, 0.25) is 0 Å². The molecule has 4 rings (SSSR count). The minimum atomic E-state index is -0.291. The summed E-state index contributed by atoms with van der Waals surface area (Å²) in [6.07, 6.45) is 12.3. The molecule has 2 aliphatic rings. The Balaban J connectivity index is 1.20. The summed E-state index contributed by atoms with van der Waals surface area (Å²) in [6, 6.07) is 11.4. The first-order valence-corrected chi connectivity index (χ1v) is 12.5. The zero-order valence-corrected chi connectivity index (χ0v) is 19.6. The van der Waals surface area contributed by atoms with Gasteiger partial charge in [0, 0.05) is 17.8 Å². The van der Waals surface area contributed by atoms with Gasteiger partial charge in [0.05, 0.1) is 12.2 Å². The Morgan fingerprint density at radius 3 is 2.21 bits per heavy atom. The van der Waals surface area contributed by atoms with Crippen LogP contribution in [0.4, 0.5) is 5.69 Å². The van der Waals surface area contributed by atoms with Crippen molar-refractivity contribution in [3.8, 4) is 0 Å². The third-order valence-electron chi connectivity index (χ3n) is 7.56. The number of furan rings is 1. The van der Waals surface area contributed by atoms with Crippen molar-refractivity contribution in [2.45, 2.75) is 82.7 Å². The molecule has 2 saturated carbocycles. The minimum absolute atomic E-state index is 0.0760. The average molecular weight is 452 g/mol. The molecule has 178 valence electrons. The molecule has 1 unspecified atom stereocenters. The van der Waals surface area contributed by atoms with Gasteiger partial charge in [-0.05, 0) is 106 Å². The van der Waals surface area contributed by atoms with Gasteiger partial charge in [0.15, 0.2) is 5.76 Å². The highest BCUT2D eigenvalue weighted by molar-refractivity contribution is 6.02. The lowest BCUT2D eigenvalue weighted by molar-refractivity contribution is -0.123. The predicted molar refractivity (Wildman–Crippen MR) is 130 cm³/mol. The number of nitrogens with two attached hydrogens (primary N) is 1. The quantitative estimate of drug-likeness (QED) is 0.538. The Kier molecular flexibility index (Phi) is 7.86. The second-order valence-corrected chi connectivity index (χ2v) is 10.0. The lowest BCUT2D eigenvalue weighted by atomic mass is 9.76. The summed E-state index contributed by atoms with van der Waals surface area (Å²) in [5, 5.41) is 6.08. The first-order valence-electron chi connectivity index (χ1n) is 12.5. The Bertz CT molecular complexity index is 893. The first kappa shape index (κ1) is 23.6. The summed E-state index contributed by atoms with van der Waals surface area (Å²) >= 11 is 0. The first-order chi connectivity index (χ1) is 16.0. The molecule has 0 saturated heterocycles. The van der Waals surface area contributed by atoms with E-state index in [1.54, 1.807) is 12.1 Å². The molecule has 0 bridgehead atoms. The number of benzene rings is 1. The predicted octanol–water partition coefficient (Wildman–Crippen LogP) is 5.22. The molecular formula is C27H37N3O3. The summed E-state index contributed by atoms with van der Waals surface area (Å²) in [6.45, 7) is 1.94. The zero-order valence-electron chi connectivity index (χ0n) is 19.6. The molecule has 1 heterocycles. The molecule has 1 aromatic heterocycles. The Morgan fingerprint density at radius 2 is 1.61 bits per heavy atom. The van der Waals surface area contributed by atoms with Crippen LogP contribution in [0.5, 0.6) is 0 Å². The van der Waals surface area contributed by atoms with Crippen molar-refractivity contribution < 1.29 is 14.0 Å². The molecule has 4 N–H and O–H groups in total. The van der Waals surface area contributed by atoms with Crippen LogP contribution < -0.4 is 16.4 Å². The van der Waals surface area contributed by atoms with Gasteiger partial charge in [0.1, 0.15) is 0 Å². The molecule has 1 aromatic carbocycles. The minimum Gasteiger partial charge on any atom is -0.459 e. The number of hydrogen-bond acceptors (Lipinski definition) is 4. The van der Waals surface area contributed by atoms with Gasteiger partial charge in [-0.15, -0.1) is 0 Å². The van der Waals surface area contributed by atoms with E-state index in [2.05, 4.69) is 10.6 Å². The fourth-order valence-electron chi connectivity index (χ4n) is 5.37. The van der Waals surface area contributed by atoms with Gasteiger partial charge in [-0.25, -0.2) is 0 Å². The Labute approximate surface area is 196 Å². The van der Waals surface area contributed by atoms with E-state index in [4.69, 9.17) is 10.2 Å². The monoisotopic (exact) mass is 451 g/mol. The topological polar surface area (TPSA) is 97.4 Å². The molecule has 2 amide bonds. The second-order valence-electron chi connectivity index (χ2n) is 10.0. The van der Waals surface area contributed by atoms with Gasteiger partial charge in [0.2, 0.25) is 5.91 Å². The largest absolute Gasteiger partial charge is 0.459 e. The van der Waals surface area contributed by atoms with Gasteiger partial charge in [-0.3, -0.25) is 9.59 Å². The Hall–Kier alpha value is -2.60. The maximum absolute atomic E-state index is 12.9. The van der Waals surface area contributed by atoms with E-state index in [0.29, 0.717) is 11.7 Å². The lowest BCUT2D eigenvalue weighted by Crippen LogP contribution is -2.40. The number of hydrogen-bond donors (Lipinski definition) is 3. The fraction of sp³-hybridized carbons (Fsp3) is 0.556. The maximum Gasteiger partial charge on any atom is 0.291 e. The number of carbonyl (C=O) groups excluding carboxylic acids is 2. The van der Waals surface area contributed by atoms with Crippen molar-refractivity contribution in [1.82, 2.24) is 5.32 Å². The van der Waals surface area contributed by atoms with Gasteiger partial charge in [0.25, 0.3) is 5.91 Å². The molecule has 2 fully saturated rings. The third-order valence-corrected chi connectivity index (χ3v) is 7.56. The van der Waals surface area contributed by atoms with Crippen LogP contribution in [0.25, 0.3) is 0 Å². The van der Waals surface area contributed by atoms with Crippen LogP contribution in [0, 0.1) is 11.8 Å². The van der Waals surface area contributed by atoms with E-state index in [0.717, 1.165) is 30.2 Å². The van der Waals surface area contributed by atoms with Crippen molar-refractivity contribution in [3.63, 3.8) is 0 Å². The highest BCUT2D eigenvalue weighted by Crippen LogP contribution is 2.35. The van der Waals surface area contributed by atoms with E-state index in [1.807, 2.05) is 31.2 Å². The molecule has 1 atom stereocenters. The van der Waals surface area contributed by atoms with E-state index in [9.17, 15) is 9.59 Å². The number of nitrogens with one attached hydrogen (secondary N) is 2. The summed E-state index contributed by atoms with van der Waals surface area (Å²) in [5.41, 5.74) is 7.66. The van der Waals surface area contributed by atoms with Gasteiger partial charge < -0.3 is 20.8 Å². The summed E-state index contributed by atoms with van der Waals surface area (Å²) < 4.78 is 5.11. The molecule has 0 aliphatic heterocycles. The molecule has 2 aliphatic carbocycles. The number of anilines is 1. The van der Waals surface area contributed by atoms with Crippen molar-refractivity contribution in [1.29, 1.82) is 0 Å². The van der Waals surface area contributed by atoms with E-state index in [-0.39, 0.29) is 29.5 Å². The van der Waals surface area contributed by atoms with E-state index in [1.165, 1.54) is 51.2 Å². The van der Waals surface area contributed by atoms with Crippen molar-refractivity contribution >= 4 is 17.5 Å². The van der Waals surface area contributed by atoms with Crippen LogP contribution >= 0.6 is 0 Å². The van der Waals surface area contributed by atoms with Crippen LogP contribution in [0.3, 0.4) is 0 Å². The summed E-state index contributed by atoms with van der Waals surface area (Å²) in [7, 11) is 0. The number of rotatable bonds is 7. The van der Waals surface area contributed by atoms with Crippen molar-refractivity contribution in [3.05, 3.63) is 54.0 Å². The van der Waals surface area contributed by atoms with E-state index < -0.39 is 0 Å². The zero-order chi connectivity index (χ0) is 23.2. The molecule has 0 radical (unpaired) electrons. The van der Waals surface area contributed by atoms with Crippen LogP contribution in [-0.4, -0.2) is 23.9 Å². The average Bonchev–Trinajstić information content (AvgIpc) is 3.37. The van der Waals surface area contributed by atoms with Gasteiger partial charge in [-0.1, -0.05) is 12.1 Å². The standard InChI is InChI=1S/C27H37N3O3/c1-18(21-8-14-24(15-9-21)30-27(32)25-3-2-16-33-25)26(31)29-23-12-6-20(7-13-23)17-19-4-10-22(28)11-5-19/h2-3,8-9,14-16,18-20,22-23H,4-7,10-13,17,28H2,1H3,(H,29,31)(H,30,32). The SMILES string of the molecule is CC(C(=O)NC1CCC(CC2CCC(N)CC2)CC1)c1ccc(NC(=O)c2ccco2)cc1. The normalized spacial score (nSPS) is 26.4. The highest BCUT2D eigenvalue weighted by Gasteiger charge is 2.27. The summed E-state index contributed by atoms with van der Waals surface area (Å²) in [4.78, 5) is 25.0. The smallest absolute Gasteiger partial charge is 0.291 e. The lowest BCUT2D eigenvalue weighted by Gasteiger charge is -2.34. The molecule has 33 heavy (non-hydrogen) atoms. The number of carbonyl (C=O) groups is 2. The second kappa shape index (κ2) is 11.0. The highest BCUT2D eigenvalue weighted by atomic mass is 16.3. The van der Waals surface area contributed by atoms with E-state index >= 15 is 0 Å². The van der Waals surface area contributed by atoms with Crippen LogP contribution in [0.1, 0.15) is 86.7 Å². The van der Waals surface area contributed by atoms with Crippen molar-refractivity contribution in [2.24, 2.45) is 17.6 Å². The summed E-state index contributed by atoms with van der Waals surface area (Å²) in [5.74, 6) is 1.48. The third kappa shape index (κ3) is 6.47. The van der Waals surface area contributed by atoms with Crippen LogP contribution in [0.15, 0.2) is 47.1 Å². The maximum atomic E-state index is 12.9. The van der Waals surface area contributed by atoms with Crippen LogP contribution in [-0.2, 0) is 4.79 Å². The fourth-order valence-corrected chi connectivity index (χ4v) is 5.37. The molecule has 6 heteroatoms. The number of amides is 2. The van der Waals surface area contributed by atoms with Gasteiger partial charge in [-0.2, -0.15) is 0 Å².